The number of aromatic nitrogens is 3. The van der Waals surface area contributed by atoms with Crippen LogP contribution in [-0.4, -0.2) is 21.5 Å². The Morgan fingerprint density at radius 1 is 1.33 bits per heavy atom. The Balaban J connectivity index is 2.16. The van der Waals surface area contributed by atoms with E-state index < -0.39 is 0 Å². The lowest BCUT2D eigenvalue weighted by Crippen LogP contribution is -1.99. The fourth-order valence-electron chi connectivity index (χ4n) is 1.64. The van der Waals surface area contributed by atoms with Crippen LogP contribution in [0, 0.1) is 3.57 Å². The predicted molar refractivity (Wildman–Crippen MR) is 83.8 cm³/mol. The van der Waals surface area contributed by atoms with Crippen LogP contribution in [-0.2, 0) is 6.42 Å². The van der Waals surface area contributed by atoms with E-state index in [1.54, 1.807) is 0 Å². The van der Waals surface area contributed by atoms with E-state index in [0.29, 0.717) is 0 Å². The van der Waals surface area contributed by atoms with Crippen LogP contribution in [0.2, 0.25) is 0 Å². The van der Waals surface area contributed by atoms with Gasteiger partial charge >= 0.3 is 0 Å². The molecule has 1 aromatic carbocycles. The molecular formula is C12H14BrIN4. The summed E-state index contributed by atoms with van der Waals surface area (Å²) in [6.45, 7) is 0.733. The van der Waals surface area contributed by atoms with Crippen LogP contribution < -0.4 is 5.73 Å². The van der Waals surface area contributed by atoms with E-state index in [4.69, 9.17) is 5.73 Å². The molecule has 0 bridgehead atoms. The van der Waals surface area contributed by atoms with E-state index in [9.17, 15) is 0 Å². The molecule has 0 spiro atoms. The number of halogens is 2. The van der Waals surface area contributed by atoms with Crippen molar-refractivity contribution in [1.82, 2.24) is 15.0 Å². The molecule has 0 aliphatic rings. The molecule has 0 atom stereocenters. The first-order valence-electron chi connectivity index (χ1n) is 5.77. The minimum atomic E-state index is 0.733. The molecule has 0 radical (unpaired) electrons. The zero-order valence-corrected chi connectivity index (χ0v) is 13.6. The van der Waals surface area contributed by atoms with Crippen molar-refractivity contribution in [2.24, 2.45) is 5.73 Å². The van der Waals surface area contributed by atoms with Crippen molar-refractivity contribution in [3.8, 4) is 5.69 Å². The minimum Gasteiger partial charge on any atom is -0.330 e. The summed E-state index contributed by atoms with van der Waals surface area (Å²) < 4.78 is 4.00. The van der Waals surface area contributed by atoms with Crippen molar-refractivity contribution < 1.29 is 0 Å². The van der Waals surface area contributed by atoms with Gasteiger partial charge in [-0.15, -0.1) is 5.10 Å². The lowest BCUT2D eigenvalue weighted by Gasteiger charge is -2.03. The van der Waals surface area contributed by atoms with Gasteiger partial charge in [0, 0.05) is 8.04 Å². The summed E-state index contributed by atoms with van der Waals surface area (Å²) in [4.78, 5) is 0. The fourth-order valence-corrected chi connectivity index (χ4v) is 2.55. The second kappa shape index (κ2) is 6.63. The first kappa shape index (κ1) is 14.0. The zero-order chi connectivity index (χ0) is 13.0. The number of aryl methyl sites for hydroxylation is 1. The first-order chi connectivity index (χ1) is 8.70. The summed E-state index contributed by atoms with van der Waals surface area (Å²) in [5.41, 5.74) is 7.50. The number of hydrogen-bond acceptors (Lipinski definition) is 3. The molecule has 2 aromatic rings. The van der Waals surface area contributed by atoms with Crippen molar-refractivity contribution in [3.05, 3.63) is 38.1 Å². The van der Waals surface area contributed by atoms with Gasteiger partial charge in [0.1, 0.15) is 0 Å². The lowest BCUT2D eigenvalue weighted by atomic mass is 10.2. The smallest absolute Gasteiger partial charge is 0.0831 e. The zero-order valence-electron chi connectivity index (χ0n) is 9.81. The van der Waals surface area contributed by atoms with Gasteiger partial charge in [-0.25, -0.2) is 4.68 Å². The van der Waals surface area contributed by atoms with Crippen LogP contribution in [0.15, 0.2) is 28.9 Å². The standard InChI is InChI=1S/C12H14BrIN4/c13-11-5-4-9(14)7-12(11)18-8-10(16-17-18)3-1-2-6-15/h4-5,7-8H,1-3,6,15H2. The SMILES string of the molecule is NCCCCc1cn(-c2cc(I)ccc2Br)nn1. The van der Waals surface area contributed by atoms with Crippen LogP contribution in [0.25, 0.3) is 5.69 Å². The number of nitrogens with zero attached hydrogens (tertiary/aromatic N) is 3. The number of hydrogen-bond donors (Lipinski definition) is 1. The molecule has 0 amide bonds. The summed E-state index contributed by atoms with van der Waals surface area (Å²) in [6, 6.07) is 6.14. The van der Waals surface area contributed by atoms with Gasteiger partial charge in [-0.3, -0.25) is 0 Å². The Hall–Kier alpha value is -0.470. The van der Waals surface area contributed by atoms with Gasteiger partial charge in [0.25, 0.3) is 0 Å². The first-order valence-corrected chi connectivity index (χ1v) is 7.64. The highest BCUT2D eigenvalue weighted by molar-refractivity contribution is 14.1. The van der Waals surface area contributed by atoms with Crippen molar-refractivity contribution in [3.63, 3.8) is 0 Å². The minimum absolute atomic E-state index is 0.733. The maximum atomic E-state index is 5.48. The van der Waals surface area contributed by atoms with Crippen molar-refractivity contribution >= 4 is 38.5 Å². The molecule has 0 aliphatic heterocycles. The molecule has 2 N–H and O–H groups in total. The average Bonchev–Trinajstić information content (AvgIpc) is 2.81. The Morgan fingerprint density at radius 3 is 2.94 bits per heavy atom. The molecule has 0 saturated heterocycles. The maximum Gasteiger partial charge on any atom is 0.0831 e. The Labute approximate surface area is 128 Å². The average molecular weight is 421 g/mol. The number of rotatable bonds is 5. The summed E-state index contributed by atoms with van der Waals surface area (Å²) in [7, 11) is 0. The Morgan fingerprint density at radius 2 is 2.17 bits per heavy atom. The molecule has 0 fully saturated rings. The maximum absolute atomic E-state index is 5.48. The van der Waals surface area contributed by atoms with Gasteiger partial charge < -0.3 is 5.73 Å². The predicted octanol–water partition coefficient (Wildman–Crippen LogP) is 2.92. The molecule has 6 heteroatoms. The fraction of sp³-hybridized carbons (Fsp3) is 0.333. The third-order valence-electron chi connectivity index (χ3n) is 2.58. The number of benzene rings is 1. The van der Waals surface area contributed by atoms with E-state index >= 15 is 0 Å². The quantitative estimate of drug-likeness (QED) is 0.597. The van der Waals surface area contributed by atoms with Gasteiger partial charge in [0.05, 0.1) is 17.6 Å². The van der Waals surface area contributed by atoms with Gasteiger partial charge in [-0.1, -0.05) is 5.21 Å². The van der Waals surface area contributed by atoms with Crippen LogP contribution in [0.1, 0.15) is 18.5 Å². The molecule has 2 rings (SSSR count). The molecule has 18 heavy (non-hydrogen) atoms. The van der Waals surface area contributed by atoms with Crippen molar-refractivity contribution in [1.29, 1.82) is 0 Å². The van der Waals surface area contributed by atoms with Gasteiger partial charge in [0.2, 0.25) is 0 Å². The molecule has 0 aliphatic carbocycles. The molecule has 0 saturated carbocycles. The van der Waals surface area contributed by atoms with Crippen LogP contribution in [0.5, 0.6) is 0 Å². The van der Waals surface area contributed by atoms with E-state index in [2.05, 4.69) is 54.9 Å². The highest BCUT2D eigenvalue weighted by Crippen LogP contribution is 2.22. The van der Waals surface area contributed by atoms with Crippen molar-refractivity contribution in [2.75, 3.05) is 6.54 Å². The summed E-state index contributed by atoms with van der Waals surface area (Å²) in [6.07, 6.45) is 4.99. The normalized spacial score (nSPS) is 10.8. The van der Waals surface area contributed by atoms with Gasteiger partial charge in [-0.2, -0.15) is 0 Å². The highest BCUT2D eigenvalue weighted by atomic mass is 127. The third-order valence-corrected chi connectivity index (χ3v) is 3.92. The molecule has 1 heterocycles. The summed E-state index contributed by atoms with van der Waals surface area (Å²) in [5, 5.41) is 8.35. The molecule has 96 valence electrons. The molecule has 4 nitrogen and oxygen atoms in total. The topological polar surface area (TPSA) is 56.7 Å². The largest absolute Gasteiger partial charge is 0.330 e. The second-order valence-corrected chi connectivity index (χ2v) is 6.10. The molecule has 1 aromatic heterocycles. The monoisotopic (exact) mass is 420 g/mol. The van der Waals surface area contributed by atoms with Crippen LogP contribution >= 0.6 is 38.5 Å². The van der Waals surface area contributed by atoms with E-state index in [-0.39, 0.29) is 0 Å². The highest BCUT2D eigenvalue weighted by Gasteiger charge is 2.06. The number of unbranched alkanes of at least 4 members (excludes halogenated alkanes) is 1. The Bertz CT molecular complexity index is 527. The van der Waals surface area contributed by atoms with E-state index in [1.807, 2.05) is 23.0 Å². The molecule has 0 unspecified atom stereocenters. The summed E-state index contributed by atoms with van der Waals surface area (Å²) in [5.74, 6) is 0. The van der Waals surface area contributed by atoms with Gasteiger partial charge in [0.15, 0.2) is 0 Å². The van der Waals surface area contributed by atoms with E-state index in [1.165, 1.54) is 3.57 Å². The Kier molecular flexibility index (Phi) is 5.13. The lowest BCUT2D eigenvalue weighted by molar-refractivity contribution is 0.727. The number of nitrogens with two attached hydrogens (primary N) is 1. The van der Waals surface area contributed by atoms with Gasteiger partial charge in [-0.05, 0) is 82.5 Å². The second-order valence-electron chi connectivity index (χ2n) is 4.00. The van der Waals surface area contributed by atoms with E-state index in [0.717, 1.165) is 41.7 Å². The molecular weight excluding hydrogens is 407 g/mol. The summed E-state index contributed by atoms with van der Waals surface area (Å²) >= 11 is 5.82. The van der Waals surface area contributed by atoms with Crippen LogP contribution in [0.4, 0.5) is 0 Å². The third kappa shape index (κ3) is 3.52. The van der Waals surface area contributed by atoms with Crippen molar-refractivity contribution in [2.45, 2.75) is 19.3 Å². The van der Waals surface area contributed by atoms with Crippen LogP contribution in [0.3, 0.4) is 0 Å².